The summed E-state index contributed by atoms with van der Waals surface area (Å²) in [4.78, 5) is 13.5. The van der Waals surface area contributed by atoms with Crippen LogP contribution in [0.15, 0.2) is 12.2 Å². The summed E-state index contributed by atoms with van der Waals surface area (Å²) in [5.41, 5.74) is 0.500. The van der Waals surface area contributed by atoms with Crippen molar-refractivity contribution in [1.29, 1.82) is 0 Å². The van der Waals surface area contributed by atoms with Crippen LogP contribution in [-0.2, 0) is 14.3 Å². The number of ether oxygens (including phenoxy) is 2. The topological polar surface area (TPSA) is 38.8 Å². The van der Waals surface area contributed by atoms with Crippen LogP contribution in [0.2, 0.25) is 0 Å². The molecule has 0 radical (unpaired) electrons. The Balaban J connectivity index is 3.91. The van der Waals surface area contributed by atoms with E-state index < -0.39 is 0 Å². The number of carbonyl (C=O) groups excluding carboxylic acids is 1. The predicted octanol–water partition coefficient (Wildman–Crippen LogP) is 1.46. The second kappa shape index (κ2) is 9.36. The average Bonchev–Trinajstić information content (AvgIpc) is 2.28. The number of nitrogens with zero attached hydrogens (tertiary/aromatic N) is 1. The molecule has 0 heterocycles. The Morgan fingerprint density at radius 3 is 2.44 bits per heavy atom. The Morgan fingerprint density at radius 2 is 1.94 bits per heavy atom. The van der Waals surface area contributed by atoms with Crippen molar-refractivity contribution < 1.29 is 14.3 Å². The van der Waals surface area contributed by atoms with Gasteiger partial charge < -0.3 is 9.47 Å². The predicted molar refractivity (Wildman–Crippen MR) is 64.4 cm³/mol. The first kappa shape index (κ1) is 15.1. The van der Waals surface area contributed by atoms with Crippen molar-refractivity contribution in [3.8, 4) is 0 Å². The fraction of sp³-hybridized carbons (Fsp3) is 0.750. The van der Waals surface area contributed by atoms with Crippen LogP contribution in [0.1, 0.15) is 20.8 Å². The first-order valence-corrected chi connectivity index (χ1v) is 5.80. The lowest BCUT2D eigenvalue weighted by Gasteiger charge is -2.20. The van der Waals surface area contributed by atoms with E-state index in [4.69, 9.17) is 9.47 Å². The fourth-order valence-electron chi connectivity index (χ4n) is 1.25. The number of hydrogen-bond acceptors (Lipinski definition) is 4. The monoisotopic (exact) mass is 229 g/mol. The minimum Gasteiger partial charge on any atom is -0.463 e. The van der Waals surface area contributed by atoms with Crippen LogP contribution < -0.4 is 0 Å². The lowest BCUT2D eigenvalue weighted by atomic mass is 10.3. The maximum Gasteiger partial charge on any atom is 0.334 e. The van der Waals surface area contributed by atoms with Crippen molar-refractivity contribution in [2.75, 3.05) is 39.5 Å². The van der Waals surface area contributed by atoms with E-state index in [0.717, 1.165) is 19.7 Å². The number of likely N-dealkylation sites (N-methyl/N-ethyl adjacent to an activating group) is 1. The van der Waals surface area contributed by atoms with Crippen molar-refractivity contribution in [1.82, 2.24) is 4.90 Å². The minimum atomic E-state index is -0.308. The quantitative estimate of drug-likeness (QED) is 0.341. The van der Waals surface area contributed by atoms with Gasteiger partial charge >= 0.3 is 5.97 Å². The van der Waals surface area contributed by atoms with Gasteiger partial charge in [0.05, 0.1) is 13.2 Å². The molecule has 0 bridgehead atoms. The zero-order valence-electron chi connectivity index (χ0n) is 10.6. The molecule has 0 aliphatic carbocycles. The maximum absolute atomic E-state index is 11.3. The lowest BCUT2D eigenvalue weighted by Crippen LogP contribution is -2.31. The third-order valence-electron chi connectivity index (χ3n) is 2.18. The third kappa shape index (κ3) is 6.58. The zero-order chi connectivity index (χ0) is 12.4. The second-order valence-electron chi connectivity index (χ2n) is 3.39. The molecule has 0 aromatic heterocycles. The highest BCUT2D eigenvalue weighted by molar-refractivity contribution is 5.88. The molecule has 0 amide bonds. The molecular weight excluding hydrogens is 206 g/mol. The van der Waals surface area contributed by atoms with E-state index >= 15 is 0 Å². The number of esters is 1. The lowest BCUT2D eigenvalue weighted by molar-refractivity contribution is -0.138. The van der Waals surface area contributed by atoms with Crippen molar-refractivity contribution in [3.05, 3.63) is 12.2 Å². The Hall–Kier alpha value is -0.870. The molecule has 0 saturated carbocycles. The van der Waals surface area contributed by atoms with Gasteiger partial charge in [0.25, 0.3) is 0 Å². The van der Waals surface area contributed by atoms with Crippen molar-refractivity contribution in [2.24, 2.45) is 0 Å². The molecule has 0 aromatic carbocycles. The fourth-order valence-corrected chi connectivity index (χ4v) is 1.25. The molecule has 0 spiro atoms. The summed E-state index contributed by atoms with van der Waals surface area (Å²) in [6.45, 7) is 13.5. The van der Waals surface area contributed by atoms with Crippen LogP contribution >= 0.6 is 0 Å². The van der Waals surface area contributed by atoms with Crippen molar-refractivity contribution in [2.45, 2.75) is 20.8 Å². The number of rotatable bonds is 9. The molecule has 4 heteroatoms. The second-order valence-corrected chi connectivity index (χ2v) is 3.39. The highest BCUT2D eigenvalue weighted by Gasteiger charge is 2.11. The molecule has 0 fully saturated rings. The summed E-state index contributed by atoms with van der Waals surface area (Å²) in [5.74, 6) is -0.308. The Labute approximate surface area is 98.2 Å². The summed E-state index contributed by atoms with van der Waals surface area (Å²) in [6.07, 6.45) is 0. The summed E-state index contributed by atoms with van der Waals surface area (Å²) in [7, 11) is 0. The molecule has 16 heavy (non-hydrogen) atoms. The molecule has 0 aliphatic heterocycles. The Bertz CT molecular complexity index is 216. The van der Waals surface area contributed by atoms with Crippen LogP contribution in [0.5, 0.6) is 0 Å². The molecular formula is C12H23NO3. The molecule has 0 N–H and O–H groups in total. The highest BCUT2D eigenvalue weighted by atomic mass is 16.5. The molecule has 0 aromatic rings. The SMILES string of the molecule is C=C(CN(CC)CCOCC)C(=O)OCC. The van der Waals surface area contributed by atoms with E-state index in [0.29, 0.717) is 25.3 Å². The average molecular weight is 229 g/mol. The smallest absolute Gasteiger partial charge is 0.334 e. The van der Waals surface area contributed by atoms with E-state index in [-0.39, 0.29) is 5.97 Å². The van der Waals surface area contributed by atoms with Crippen LogP contribution in [0.25, 0.3) is 0 Å². The summed E-state index contributed by atoms with van der Waals surface area (Å²) < 4.78 is 10.1. The Kier molecular flexibility index (Phi) is 8.85. The molecule has 0 rings (SSSR count). The van der Waals surface area contributed by atoms with Gasteiger partial charge in [-0.2, -0.15) is 0 Å². The minimum absolute atomic E-state index is 0.308. The van der Waals surface area contributed by atoms with Gasteiger partial charge in [0.1, 0.15) is 0 Å². The Morgan fingerprint density at radius 1 is 1.25 bits per heavy atom. The summed E-state index contributed by atoms with van der Waals surface area (Å²) >= 11 is 0. The van der Waals surface area contributed by atoms with Crippen molar-refractivity contribution >= 4 is 5.97 Å². The van der Waals surface area contributed by atoms with E-state index in [1.54, 1.807) is 6.92 Å². The van der Waals surface area contributed by atoms with E-state index in [2.05, 4.69) is 11.5 Å². The van der Waals surface area contributed by atoms with Gasteiger partial charge in [0.15, 0.2) is 0 Å². The molecule has 0 atom stereocenters. The van der Waals surface area contributed by atoms with E-state index in [9.17, 15) is 4.79 Å². The van der Waals surface area contributed by atoms with Gasteiger partial charge in [-0.1, -0.05) is 13.5 Å². The first-order valence-electron chi connectivity index (χ1n) is 5.80. The maximum atomic E-state index is 11.3. The third-order valence-corrected chi connectivity index (χ3v) is 2.18. The van der Waals surface area contributed by atoms with Gasteiger partial charge in [-0.05, 0) is 20.4 Å². The first-order chi connectivity index (χ1) is 7.65. The van der Waals surface area contributed by atoms with E-state index in [1.165, 1.54) is 0 Å². The van der Waals surface area contributed by atoms with Crippen LogP contribution in [0.4, 0.5) is 0 Å². The summed E-state index contributed by atoms with van der Waals surface area (Å²) in [6, 6.07) is 0. The largest absolute Gasteiger partial charge is 0.463 e. The zero-order valence-corrected chi connectivity index (χ0v) is 10.6. The summed E-state index contributed by atoms with van der Waals surface area (Å²) in [5, 5.41) is 0. The molecule has 0 aliphatic rings. The van der Waals surface area contributed by atoms with Gasteiger partial charge in [0, 0.05) is 25.3 Å². The van der Waals surface area contributed by atoms with Gasteiger partial charge in [-0.3, -0.25) is 4.90 Å². The number of hydrogen-bond donors (Lipinski definition) is 0. The van der Waals surface area contributed by atoms with Gasteiger partial charge in [-0.25, -0.2) is 4.79 Å². The number of carbonyl (C=O) groups is 1. The normalized spacial score (nSPS) is 10.5. The molecule has 4 nitrogen and oxygen atoms in total. The standard InChI is InChI=1S/C12H23NO3/c1-5-13(8-9-15-6-2)10-11(4)12(14)16-7-3/h4-10H2,1-3H3. The van der Waals surface area contributed by atoms with Gasteiger partial charge in [-0.15, -0.1) is 0 Å². The molecule has 94 valence electrons. The molecule has 0 unspecified atom stereocenters. The molecule has 0 saturated heterocycles. The highest BCUT2D eigenvalue weighted by Crippen LogP contribution is 2.00. The van der Waals surface area contributed by atoms with Crippen LogP contribution in [0.3, 0.4) is 0 Å². The van der Waals surface area contributed by atoms with E-state index in [1.807, 2.05) is 13.8 Å². The van der Waals surface area contributed by atoms with Gasteiger partial charge in [0.2, 0.25) is 0 Å². The van der Waals surface area contributed by atoms with Crippen molar-refractivity contribution in [3.63, 3.8) is 0 Å². The van der Waals surface area contributed by atoms with Crippen LogP contribution in [0, 0.1) is 0 Å². The van der Waals surface area contributed by atoms with Crippen LogP contribution in [-0.4, -0.2) is 50.3 Å².